The second-order valence-corrected chi connectivity index (χ2v) is 5.12. The third-order valence-electron chi connectivity index (χ3n) is 3.66. The summed E-state index contributed by atoms with van der Waals surface area (Å²) in [5.74, 6) is 0.828. The molecule has 0 amide bonds. The zero-order chi connectivity index (χ0) is 14.7. The molecular formula is C17H22N2O. The molecule has 0 aliphatic carbocycles. The third kappa shape index (κ3) is 2.83. The van der Waals surface area contributed by atoms with Gasteiger partial charge in [-0.2, -0.15) is 0 Å². The number of pyridine rings is 1. The Morgan fingerprint density at radius 1 is 1.15 bits per heavy atom. The van der Waals surface area contributed by atoms with Gasteiger partial charge in [0.15, 0.2) is 0 Å². The van der Waals surface area contributed by atoms with Gasteiger partial charge in [0, 0.05) is 24.0 Å². The van der Waals surface area contributed by atoms with Crippen LogP contribution in [0.1, 0.15) is 29.3 Å². The summed E-state index contributed by atoms with van der Waals surface area (Å²) >= 11 is 0. The highest BCUT2D eigenvalue weighted by atomic mass is 16.3. The zero-order valence-corrected chi connectivity index (χ0v) is 12.6. The summed E-state index contributed by atoms with van der Waals surface area (Å²) < 4.78 is 0. The van der Waals surface area contributed by atoms with E-state index in [-0.39, 0.29) is 6.61 Å². The summed E-state index contributed by atoms with van der Waals surface area (Å²) in [6.45, 7) is 6.14. The Morgan fingerprint density at radius 2 is 1.80 bits per heavy atom. The van der Waals surface area contributed by atoms with Gasteiger partial charge in [0.25, 0.3) is 0 Å². The molecule has 1 N–H and O–H groups in total. The van der Waals surface area contributed by atoms with Crippen LogP contribution < -0.4 is 4.90 Å². The minimum absolute atomic E-state index is 0.00578. The second-order valence-electron chi connectivity index (χ2n) is 5.12. The molecule has 0 bridgehead atoms. The molecule has 1 aromatic heterocycles. The predicted octanol–water partition coefficient (Wildman–Crippen LogP) is 3.52. The molecule has 3 nitrogen and oxygen atoms in total. The summed E-state index contributed by atoms with van der Waals surface area (Å²) in [6, 6.07) is 10.5. The Hall–Kier alpha value is -1.87. The lowest BCUT2D eigenvalue weighted by Crippen LogP contribution is -2.15. The fraction of sp³-hybridized carbons (Fsp3) is 0.353. The Morgan fingerprint density at radius 3 is 2.35 bits per heavy atom. The number of aromatic nitrogens is 1. The maximum absolute atomic E-state index is 9.60. The third-order valence-corrected chi connectivity index (χ3v) is 3.66. The number of aliphatic hydroxyl groups excluding tert-OH is 1. The van der Waals surface area contributed by atoms with Crippen LogP contribution in [0.15, 0.2) is 30.3 Å². The number of aliphatic hydroxyl groups is 1. The molecule has 3 heteroatoms. The number of hydrogen-bond acceptors (Lipinski definition) is 3. The molecule has 0 saturated heterocycles. The quantitative estimate of drug-likeness (QED) is 0.923. The molecule has 20 heavy (non-hydrogen) atoms. The van der Waals surface area contributed by atoms with Crippen molar-refractivity contribution in [2.75, 3.05) is 11.9 Å². The van der Waals surface area contributed by atoms with E-state index in [1.54, 1.807) is 0 Å². The van der Waals surface area contributed by atoms with E-state index < -0.39 is 0 Å². The number of aryl methyl sites for hydroxylation is 3. The van der Waals surface area contributed by atoms with Crippen LogP contribution >= 0.6 is 0 Å². The van der Waals surface area contributed by atoms with Gasteiger partial charge in [0.2, 0.25) is 0 Å². The van der Waals surface area contributed by atoms with Crippen LogP contribution in [0.3, 0.4) is 0 Å². The number of benzene rings is 1. The molecule has 0 atom stereocenters. The van der Waals surface area contributed by atoms with Crippen LogP contribution in [-0.2, 0) is 13.0 Å². The van der Waals surface area contributed by atoms with Crippen molar-refractivity contribution in [1.82, 2.24) is 4.98 Å². The molecule has 0 saturated carbocycles. The van der Waals surface area contributed by atoms with Crippen molar-refractivity contribution in [3.63, 3.8) is 0 Å². The van der Waals surface area contributed by atoms with Gasteiger partial charge in [-0.25, -0.2) is 4.98 Å². The number of anilines is 2. The van der Waals surface area contributed by atoms with E-state index in [0.29, 0.717) is 0 Å². The van der Waals surface area contributed by atoms with Crippen LogP contribution in [0.2, 0.25) is 0 Å². The maximum atomic E-state index is 9.60. The van der Waals surface area contributed by atoms with Gasteiger partial charge in [0.05, 0.1) is 6.61 Å². The minimum Gasteiger partial charge on any atom is -0.392 e. The summed E-state index contributed by atoms with van der Waals surface area (Å²) in [6.07, 6.45) is 1.04. The summed E-state index contributed by atoms with van der Waals surface area (Å²) in [5, 5.41) is 9.60. The Balaban J connectivity index is 2.43. The van der Waals surface area contributed by atoms with E-state index in [0.717, 1.165) is 34.7 Å². The van der Waals surface area contributed by atoms with Crippen molar-refractivity contribution in [2.24, 2.45) is 0 Å². The van der Waals surface area contributed by atoms with Crippen LogP contribution in [0.4, 0.5) is 11.5 Å². The van der Waals surface area contributed by atoms with Gasteiger partial charge in [-0.3, -0.25) is 0 Å². The first kappa shape index (κ1) is 14.5. The first-order valence-electron chi connectivity index (χ1n) is 6.97. The van der Waals surface area contributed by atoms with Crippen molar-refractivity contribution in [3.05, 3.63) is 52.7 Å². The van der Waals surface area contributed by atoms with Gasteiger partial charge < -0.3 is 10.0 Å². The summed E-state index contributed by atoms with van der Waals surface area (Å²) in [5.41, 5.74) is 5.32. The lowest BCUT2D eigenvalue weighted by molar-refractivity contribution is 0.281. The molecule has 1 aromatic carbocycles. The van der Waals surface area contributed by atoms with E-state index in [4.69, 9.17) is 0 Å². The van der Waals surface area contributed by atoms with Crippen LogP contribution in [0, 0.1) is 13.8 Å². The number of hydrogen-bond donors (Lipinski definition) is 1. The monoisotopic (exact) mass is 270 g/mol. The zero-order valence-electron chi connectivity index (χ0n) is 12.6. The molecule has 0 fully saturated rings. The van der Waals surface area contributed by atoms with Crippen molar-refractivity contribution in [1.29, 1.82) is 0 Å². The van der Waals surface area contributed by atoms with Crippen LogP contribution in [-0.4, -0.2) is 17.1 Å². The maximum Gasteiger partial charge on any atom is 0.138 e. The predicted molar refractivity (Wildman–Crippen MR) is 83.5 cm³/mol. The van der Waals surface area contributed by atoms with Gasteiger partial charge in [0.1, 0.15) is 5.82 Å². The first-order valence-corrected chi connectivity index (χ1v) is 6.97. The van der Waals surface area contributed by atoms with Gasteiger partial charge in [-0.05, 0) is 49.6 Å². The average Bonchev–Trinajstić information content (AvgIpc) is 2.46. The average molecular weight is 270 g/mol. The lowest BCUT2D eigenvalue weighted by atomic mass is 10.1. The molecule has 0 radical (unpaired) electrons. The van der Waals surface area contributed by atoms with Crippen LogP contribution in [0.5, 0.6) is 0 Å². The molecule has 0 aliphatic rings. The van der Waals surface area contributed by atoms with Gasteiger partial charge in [-0.1, -0.05) is 19.1 Å². The Labute approximate surface area is 120 Å². The van der Waals surface area contributed by atoms with E-state index in [2.05, 4.69) is 36.2 Å². The number of nitrogens with zero attached hydrogens (tertiary/aromatic N) is 2. The van der Waals surface area contributed by atoms with E-state index in [1.807, 2.05) is 31.9 Å². The Kier molecular flexibility index (Phi) is 4.40. The molecule has 0 spiro atoms. The lowest BCUT2D eigenvalue weighted by Gasteiger charge is -2.23. The van der Waals surface area contributed by atoms with Crippen molar-refractivity contribution in [3.8, 4) is 0 Å². The van der Waals surface area contributed by atoms with Gasteiger partial charge >= 0.3 is 0 Å². The normalized spacial score (nSPS) is 10.7. The smallest absolute Gasteiger partial charge is 0.138 e. The molecule has 106 valence electrons. The topological polar surface area (TPSA) is 36.4 Å². The molecule has 2 rings (SSSR count). The molecular weight excluding hydrogens is 248 g/mol. The highest BCUT2D eigenvalue weighted by Gasteiger charge is 2.13. The molecule has 0 aliphatic heterocycles. The first-order chi connectivity index (χ1) is 9.56. The van der Waals surface area contributed by atoms with Crippen LogP contribution in [0.25, 0.3) is 0 Å². The van der Waals surface area contributed by atoms with Gasteiger partial charge in [-0.15, -0.1) is 0 Å². The minimum atomic E-state index is 0.00578. The molecule has 2 aromatic rings. The summed E-state index contributed by atoms with van der Waals surface area (Å²) in [7, 11) is 1.99. The highest BCUT2D eigenvalue weighted by Crippen LogP contribution is 2.28. The fourth-order valence-corrected chi connectivity index (χ4v) is 2.39. The molecule has 0 unspecified atom stereocenters. The fourth-order valence-electron chi connectivity index (χ4n) is 2.39. The van der Waals surface area contributed by atoms with Crippen molar-refractivity contribution in [2.45, 2.75) is 33.8 Å². The summed E-state index contributed by atoms with van der Waals surface area (Å²) in [4.78, 5) is 6.62. The standard InChI is InChI=1S/C17H22N2O/c1-5-14-6-8-15(9-7-14)19(4)17-16(11-20)12(2)10-13(3)18-17/h6-10,20H,5,11H2,1-4H3. The number of rotatable bonds is 4. The van der Waals surface area contributed by atoms with Crippen molar-refractivity contribution < 1.29 is 5.11 Å². The SMILES string of the molecule is CCc1ccc(N(C)c2nc(C)cc(C)c2CO)cc1. The van der Waals surface area contributed by atoms with E-state index in [9.17, 15) is 5.11 Å². The largest absolute Gasteiger partial charge is 0.392 e. The van der Waals surface area contributed by atoms with E-state index in [1.165, 1.54) is 5.56 Å². The van der Waals surface area contributed by atoms with Crippen molar-refractivity contribution >= 4 is 11.5 Å². The highest BCUT2D eigenvalue weighted by molar-refractivity contribution is 5.63. The second kappa shape index (κ2) is 6.06. The Bertz CT molecular complexity index is 591. The molecule has 1 heterocycles. The van der Waals surface area contributed by atoms with E-state index >= 15 is 0 Å².